The number of thioether (sulfide) groups is 2. The minimum Gasteiger partial charge on any atom is -0.452 e. The van der Waals surface area contributed by atoms with Crippen LogP contribution in [0.15, 0.2) is 42.5 Å². The molecule has 1 heterocycles. The smallest absolute Gasteiger partial charge is 0.338 e. The third-order valence-corrected chi connectivity index (χ3v) is 7.29. The molecular formula is C20H19F2NO3S2. The summed E-state index contributed by atoms with van der Waals surface area (Å²) in [6.45, 7) is 1.08. The zero-order valence-electron chi connectivity index (χ0n) is 15.1. The Morgan fingerprint density at radius 3 is 2.46 bits per heavy atom. The fourth-order valence-electron chi connectivity index (χ4n) is 2.76. The highest BCUT2D eigenvalue weighted by Gasteiger charge is 2.19. The monoisotopic (exact) mass is 423 g/mol. The van der Waals surface area contributed by atoms with E-state index in [-0.39, 0.29) is 5.56 Å². The Hall–Kier alpha value is -2.06. The van der Waals surface area contributed by atoms with E-state index >= 15 is 0 Å². The second-order valence-electron chi connectivity index (χ2n) is 6.23. The van der Waals surface area contributed by atoms with Crippen LogP contribution in [0.2, 0.25) is 0 Å². The molecule has 28 heavy (non-hydrogen) atoms. The predicted molar refractivity (Wildman–Crippen MR) is 107 cm³/mol. The summed E-state index contributed by atoms with van der Waals surface area (Å²) in [6.07, 6.45) is 0. The average Bonchev–Trinajstić information content (AvgIpc) is 3.21. The lowest BCUT2D eigenvalue weighted by Crippen LogP contribution is -2.31. The lowest BCUT2D eigenvalue weighted by Gasteiger charge is -2.15. The molecule has 8 heteroatoms. The molecule has 2 aromatic carbocycles. The molecule has 1 N–H and O–H groups in total. The Labute approximate surface area is 170 Å². The van der Waals surface area contributed by atoms with Crippen LogP contribution in [-0.2, 0) is 9.53 Å². The van der Waals surface area contributed by atoms with Crippen molar-refractivity contribution in [2.75, 3.05) is 18.1 Å². The summed E-state index contributed by atoms with van der Waals surface area (Å²) >= 11 is 3.75. The fraction of sp³-hybridized carbons (Fsp3) is 0.300. The molecule has 0 aromatic heterocycles. The van der Waals surface area contributed by atoms with Crippen LogP contribution in [0.4, 0.5) is 8.78 Å². The molecule has 0 radical (unpaired) electrons. The quantitative estimate of drug-likeness (QED) is 0.695. The van der Waals surface area contributed by atoms with E-state index in [1.54, 1.807) is 19.1 Å². The van der Waals surface area contributed by atoms with Gasteiger partial charge in [0.2, 0.25) is 0 Å². The van der Waals surface area contributed by atoms with Gasteiger partial charge in [-0.15, -0.1) is 23.5 Å². The summed E-state index contributed by atoms with van der Waals surface area (Å²) < 4.78 is 32.1. The number of nitrogens with one attached hydrogen (secondary N) is 1. The largest absolute Gasteiger partial charge is 0.452 e. The molecule has 1 saturated heterocycles. The van der Waals surface area contributed by atoms with E-state index in [4.69, 9.17) is 4.74 Å². The first-order chi connectivity index (χ1) is 13.4. The van der Waals surface area contributed by atoms with E-state index < -0.39 is 36.2 Å². The van der Waals surface area contributed by atoms with Gasteiger partial charge in [0, 0.05) is 23.1 Å². The highest BCUT2D eigenvalue weighted by Crippen LogP contribution is 2.45. The Bertz CT molecular complexity index is 855. The van der Waals surface area contributed by atoms with E-state index in [1.165, 1.54) is 6.07 Å². The Balaban J connectivity index is 1.50. The second kappa shape index (κ2) is 9.43. The molecule has 0 spiro atoms. The van der Waals surface area contributed by atoms with Crippen LogP contribution in [0.3, 0.4) is 0 Å². The van der Waals surface area contributed by atoms with Gasteiger partial charge in [-0.25, -0.2) is 13.6 Å². The molecular weight excluding hydrogens is 404 g/mol. The SMILES string of the molecule is CC(NC(=O)COC(=O)c1ccc(C2SCCS2)cc1)c1ccc(F)cc1F. The van der Waals surface area contributed by atoms with Crippen molar-refractivity contribution in [3.05, 3.63) is 70.8 Å². The number of carbonyl (C=O) groups is 2. The van der Waals surface area contributed by atoms with Crippen LogP contribution in [0, 0.1) is 11.6 Å². The first-order valence-corrected chi connectivity index (χ1v) is 10.8. The molecule has 0 bridgehead atoms. The van der Waals surface area contributed by atoms with Crippen molar-refractivity contribution < 1.29 is 23.1 Å². The number of hydrogen-bond donors (Lipinski definition) is 1. The number of carbonyl (C=O) groups excluding carboxylic acids is 2. The molecule has 1 amide bonds. The van der Waals surface area contributed by atoms with Gasteiger partial charge in [0.05, 0.1) is 16.2 Å². The highest BCUT2D eigenvalue weighted by atomic mass is 32.2. The Morgan fingerprint density at radius 2 is 1.82 bits per heavy atom. The standard InChI is InChI=1S/C20H19F2NO3S2/c1-12(16-7-6-15(21)10-17(16)22)23-18(24)11-26-19(25)13-2-4-14(5-3-13)20-27-8-9-28-20/h2-7,10,12,20H,8-9,11H2,1H3,(H,23,24). The molecule has 1 fully saturated rings. The van der Waals surface area contributed by atoms with Crippen LogP contribution in [-0.4, -0.2) is 30.0 Å². The predicted octanol–water partition coefficient (Wildman–Crippen LogP) is 4.48. The molecule has 1 aliphatic heterocycles. The molecule has 1 aliphatic rings. The summed E-state index contributed by atoms with van der Waals surface area (Å²) in [7, 11) is 0. The minimum absolute atomic E-state index is 0.152. The van der Waals surface area contributed by atoms with Crippen molar-refractivity contribution in [3.63, 3.8) is 0 Å². The van der Waals surface area contributed by atoms with Crippen LogP contribution >= 0.6 is 23.5 Å². The van der Waals surface area contributed by atoms with Gasteiger partial charge in [0.25, 0.3) is 5.91 Å². The van der Waals surface area contributed by atoms with Crippen molar-refractivity contribution in [2.45, 2.75) is 17.5 Å². The van der Waals surface area contributed by atoms with Crippen molar-refractivity contribution >= 4 is 35.4 Å². The molecule has 2 aromatic rings. The first-order valence-electron chi connectivity index (χ1n) is 8.68. The van der Waals surface area contributed by atoms with Gasteiger partial charge < -0.3 is 10.1 Å². The molecule has 3 rings (SSSR count). The van der Waals surface area contributed by atoms with E-state index in [0.29, 0.717) is 10.1 Å². The molecule has 1 atom stereocenters. The Morgan fingerprint density at radius 1 is 1.14 bits per heavy atom. The number of rotatable bonds is 6. The van der Waals surface area contributed by atoms with Crippen LogP contribution in [0.25, 0.3) is 0 Å². The third-order valence-electron chi connectivity index (χ3n) is 4.18. The van der Waals surface area contributed by atoms with Gasteiger partial charge in [-0.05, 0) is 30.7 Å². The number of halogens is 2. The van der Waals surface area contributed by atoms with E-state index in [9.17, 15) is 18.4 Å². The van der Waals surface area contributed by atoms with Gasteiger partial charge in [0.1, 0.15) is 11.6 Å². The van der Waals surface area contributed by atoms with Gasteiger partial charge in [0.15, 0.2) is 6.61 Å². The van der Waals surface area contributed by atoms with Crippen molar-refractivity contribution in [1.82, 2.24) is 5.32 Å². The summed E-state index contributed by atoms with van der Waals surface area (Å²) in [4.78, 5) is 24.1. The normalized spacial score (nSPS) is 15.2. The number of ether oxygens (including phenoxy) is 1. The maximum absolute atomic E-state index is 13.8. The number of esters is 1. The zero-order chi connectivity index (χ0) is 20.1. The summed E-state index contributed by atoms with van der Waals surface area (Å²) in [5.41, 5.74) is 1.67. The second-order valence-corrected chi connectivity index (χ2v) is 8.95. The molecule has 1 unspecified atom stereocenters. The zero-order valence-corrected chi connectivity index (χ0v) is 16.7. The van der Waals surface area contributed by atoms with Crippen molar-refractivity contribution in [1.29, 1.82) is 0 Å². The van der Waals surface area contributed by atoms with Crippen LogP contribution < -0.4 is 5.32 Å². The minimum atomic E-state index is -0.747. The fourth-order valence-corrected chi connectivity index (χ4v) is 5.61. The summed E-state index contributed by atoms with van der Waals surface area (Å²) in [5, 5.41) is 2.53. The van der Waals surface area contributed by atoms with Crippen LogP contribution in [0.1, 0.15) is 39.0 Å². The summed E-state index contributed by atoms with van der Waals surface area (Å²) in [5.74, 6) is -0.370. The topological polar surface area (TPSA) is 55.4 Å². The van der Waals surface area contributed by atoms with Crippen molar-refractivity contribution in [3.8, 4) is 0 Å². The number of hydrogen-bond acceptors (Lipinski definition) is 5. The van der Waals surface area contributed by atoms with Gasteiger partial charge in [-0.3, -0.25) is 4.79 Å². The number of amides is 1. The van der Waals surface area contributed by atoms with Gasteiger partial charge in [-0.1, -0.05) is 18.2 Å². The van der Waals surface area contributed by atoms with Gasteiger partial charge in [-0.2, -0.15) is 0 Å². The third kappa shape index (κ3) is 5.26. The highest BCUT2D eigenvalue weighted by molar-refractivity contribution is 8.19. The number of benzene rings is 2. The maximum Gasteiger partial charge on any atom is 0.338 e. The maximum atomic E-state index is 13.8. The molecule has 0 saturated carbocycles. The molecule has 0 aliphatic carbocycles. The molecule has 148 valence electrons. The van der Waals surface area contributed by atoms with E-state index in [1.807, 2.05) is 35.7 Å². The van der Waals surface area contributed by atoms with Crippen molar-refractivity contribution in [2.24, 2.45) is 0 Å². The first kappa shape index (κ1) is 20.7. The lowest BCUT2D eigenvalue weighted by molar-refractivity contribution is -0.124. The van der Waals surface area contributed by atoms with E-state index in [2.05, 4.69) is 5.32 Å². The van der Waals surface area contributed by atoms with Gasteiger partial charge >= 0.3 is 5.97 Å². The Kier molecular flexibility index (Phi) is 6.96. The summed E-state index contributed by atoms with van der Waals surface area (Å²) in [6, 6.07) is 9.61. The average molecular weight is 424 g/mol. The van der Waals surface area contributed by atoms with Crippen LogP contribution in [0.5, 0.6) is 0 Å². The van der Waals surface area contributed by atoms with E-state index in [0.717, 1.165) is 29.2 Å². The molecule has 4 nitrogen and oxygen atoms in total. The lowest BCUT2D eigenvalue weighted by atomic mass is 10.1.